The average molecular weight is 392 g/mol. The van der Waals surface area contributed by atoms with E-state index in [1.807, 2.05) is 17.0 Å². The summed E-state index contributed by atoms with van der Waals surface area (Å²) in [5.74, 6) is 1.17. The third kappa shape index (κ3) is 7.72. The molecule has 1 aliphatic rings. The van der Waals surface area contributed by atoms with Gasteiger partial charge in [0.25, 0.3) is 0 Å². The third-order valence-corrected chi connectivity index (χ3v) is 4.40. The molecule has 0 atom stereocenters. The zero-order valence-corrected chi connectivity index (χ0v) is 16.6. The van der Waals surface area contributed by atoms with Crippen LogP contribution in [0, 0.1) is 0 Å². The number of nitrogens with two attached hydrogens (primary N) is 1. The molecule has 1 fully saturated rings. The summed E-state index contributed by atoms with van der Waals surface area (Å²) in [5, 5.41) is 0. The Balaban J connectivity index is 0.00000288. The summed E-state index contributed by atoms with van der Waals surface area (Å²) in [4.78, 5) is 16.5. The van der Waals surface area contributed by atoms with Gasteiger partial charge in [-0.05, 0) is 31.5 Å². The van der Waals surface area contributed by atoms with Crippen molar-refractivity contribution in [2.75, 3.05) is 44.7 Å². The molecule has 7 heteroatoms. The number of carbonyl (C=O) groups is 1. The van der Waals surface area contributed by atoms with Crippen molar-refractivity contribution in [2.45, 2.75) is 32.1 Å². The first-order chi connectivity index (χ1) is 11.2. The number of carbonyl (C=O) groups excluding carboxylic acids is 1. The summed E-state index contributed by atoms with van der Waals surface area (Å²) in [6.45, 7) is 4.12. The normalized spacial score (nSPS) is 13.7. The average Bonchev–Trinajstić information content (AvgIpc) is 2.61. The number of ether oxygens (including phenoxy) is 1. The van der Waals surface area contributed by atoms with Gasteiger partial charge in [0, 0.05) is 44.4 Å². The first-order valence-electron chi connectivity index (χ1n) is 8.61. The van der Waals surface area contributed by atoms with Crippen molar-refractivity contribution in [1.82, 2.24) is 4.90 Å². The fraction of sp³-hybridized carbons (Fsp3) is 0.611. The predicted molar refractivity (Wildman–Crippen MR) is 108 cm³/mol. The van der Waals surface area contributed by atoms with E-state index in [9.17, 15) is 4.79 Å². The number of benzene rings is 1. The van der Waals surface area contributed by atoms with Gasteiger partial charge in [0.05, 0.1) is 7.11 Å². The fourth-order valence-electron chi connectivity index (χ4n) is 2.95. The van der Waals surface area contributed by atoms with Gasteiger partial charge >= 0.3 is 0 Å². The minimum absolute atomic E-state index is 0. The number of piperazine rings is 1. The summed E-state index contributed by atoms with van der Waals surface area (Å²) >= 11 is 0. The van der Waals surface area contributed by atoms with E-state index in [0.29, 0.717) is 12.3 Å². The minimum Gasteiger partial charge on any atom is -0.497 e. The van der Waals surface area contributed by atoms with Crippen molar-refractivity contribution >= 4 is 36.4 Å². The lowest BCUT2D eigenvalue weighted by atomic mass is 10.1. The molecule has 1 amide bonds. The first-order valence-corrected chi connectivity index (χ1v) is 8.61. The number of nitrogens with zero attached hydrogens (tertiary/aromatic N) is 2. The Labute approximate surface area is 163 Å². The van der Waals surface area contributed by atoms with Gasteiger partial charge in [-0.3, -0.25) is 4.79 Å². The van der Waals surface area contributed by atoms with E-state index in [2.05, 4.69) is 17.0 Å². The highest BCUT2D eigenvalue weighted by Gasteiger charge is 2.21. The van der Waals surface area contributed by atoms with E-state index in [4.69, 9.17) is 10.5 Å². The van der Waals surface area contributed by atoms with Crippen molar-refractivity contribution in [3.05, 3.63) is 24.3 Å². The molecule has 0 aromatic heterocycles. The maximum absolute atomic E-state index is 12.2. The van der Waals surface area contributed by atoms with Crippen molar-refractivity contribution in [2.24, 2.45) is 5.73 Å². The predicted octanol–water partition coefficient (Wildman–Crippen LogP) is 3.10. The van der Waals surface area contributed by atoms with Crippen molar-refractivity contribution in [3.8, 4) is 5.75 Å². The molecule has 0 bridgehead atoms. The standard InChI is InChI=1S/C18H29N3O2.2ClH/c1-23-17-8-6-7-16(15-17)20-11-13-21(14-12-20)18(22)9-4-2-3-5-10-19;;/h6-8,15H,2-5,9-14,19H2,1H3;2*1H. The van der Waals surface area contributed by atoms with Crippen LogP contribution in [0.5, 0.6) is 5.75 Å². The summed E-state index contributed by atoms with van der Waals surface area (Å²) in [5.41, 5.74) is 6.64. The van der Waals surface area contributed by atoms with Crippen LogP contribution < -0.4 is 15.4 Å². The number of methoxy groups -OCH3 is 1. The quantitative estimate of drug-likeness (QED) is 0.691. The summed E-state index contributed by atoms with van der Waals surface area (Å²) in [7, 11) is 1.68. The largest absolute Gasteiger partial charge is 0.497 e. The molecular formula is C18H31Cl2N3O2. The molecular weight excluding hydrogens is 361 g/mol. The van der Waals surface area contributed by atoms with Gasteiger partial charge in [0.15, 0.2) is 0 Å². The summed E-state index contributed by atoms with van der Waals surface area (Å²) in [6.07, 6.45) is 4.95. The highest BCUT2D eigenvalue weighted by Crippen LogP contribution is 2.22. The summed E-state index contributed by atoms with van der Waals surface area (Å²) in [6, 6.07) is 8.10. The Kier molecular flexibility index (Phi) is 12.5. The number of halogens is 2. The Hall–Kier alpha value is -1.17. The molecule has 5 nitrogen and oxygen atoms in total. The maximum Gasteiger partial charge on any atom is 0.222 e. The second-order valence-electron chi connectivity index (χ2n) is 6.02. The van der Waals surface area contributed by atoms with Gasteiger partial charge in [-0.25, -0.2) is 0 Å². The Bertz CT molecular complexity index is 495. The van der Waals surface area contributed by atoms with Crippen LogP contribution >= 0.6 is 24.8 Å². The Morgan fingerprint density at radius 1 is 1.08 bits per heavy atom. The fourth-order valence-corrected chi connectivity index (χ4v) is 2.95. The molecule has 2 rings (SSSR count). The molecule has 144 valence electrons. The molecule has 25 heavy (non-hydrogen) atoms. The zero-order valence-electron chi connectivity index (χ0n) is 15.0. The van der Waals surface area contributed by atoms with Gasteiger partial charge in [-0.1, -0.05) is 18.9 Å². The first kappa shape index (κ1) is 23.8. The molecule has 1 aromatic carbocycles. The van der Waals surface area contributed by atoms with E-state index in [-0.39, 0.29) is 24.8 Å². The van der Waals surface area contributed by atoms with Crippen LogP contribution in [0.3, 0.4) is 0 Å². The Morgan fingerprint density at radius 3 is 2.40 bits per heavy atom. The van der Waals surface area contributed by atoms with Crippen LogP contribution in [-0.2, 0) is 4.79 Å². The monoisotopic (exact) mass is 391 g/mol. The zero-order chi connectivity index (χ0) is 16.5. The summed E-state index contributed by atoms with van der Waals surface area (Å²) < 4.78 is 5.28. The van der Waals surface area contributed by atoms with Crippen LogP contribution in [-0.4, -0.2) is 50.6 Å². The van der Waals surface area contributed by atoms with Crippen molar-refractivity contribution in [3.63, 3.8) is 0 Å². The lowest BCUT2D eigenvalue weighted by molar-refractivity contribution is -0.131. The van der Waals surface area contributed by atoms with Crippen LogP contribution in [0.2, 0.25) is 0 Å². The molecule has 1 heterocycles. The molecule has 0 radical (unpaired) electrons. The molecule has 1 aliphatic heterocycles. The van der Waals surface area contributed by atoms with Crippen molar-refractivity contribution in [1.29, 1.82) is 0 Å². The maximum atomic E-state index is 12.2. The van der Waals surface area contributed by atoms with Crippen LogP contribution in [0.25, 0.3) is 0 Å². The van der Waals surface area contributed by atoms with E-state index in [1.54, 1.807) is 7.11 Å². The SMILES string of the molecule is COc1cccc(N2CCN(C(=O)CCCCCCN)CC2)c1.Cl.Cl. The highest BCUT2D eigenvalue weighted by atomic mass is 35.5. The van der Waals surface area contributed by atoms with Crippen LogP contribution in [0.1, 0.15) is 32.1 Å². The van der Waals surface area contributed by atoms with Crippen LogP contribution in [0.4, 0.5) is 5.69 Å². The van der Waals surface area contributed by atoms with Gasteiger partial charge in [-0.15, -0.1) is 24.8 Å². The molecule has 1 aromatic rings. The number of hydrogen-bond acceptors (Lipinski definition) is 4. The van der Waals surface area contributed by atoms with Crippen LogP contribution in [0.15, 0.2) is 24.3 Å². The van der Waals surface area contributed by atoms with Gasteiger partial charge in [-0.2, -0.15) is 0 Å². The van der Waals surface area contributed by atoms with Gasteiger partial charge < -0.3 is 20.3 Å². The molecule has 0 aliphatic carbocycles. The van der Waals surface area contributed by atoms with E-state index in [0.717, 1.165) is 64.2 Å². The number of unbranched alkanes of at least 4 members (excludes halogenated alkanes) is 3. The second kappa shape index (κ2) is 13.1. The highest BCUT2D eigenvalue weighted by molar-refractivity contribution is 5.85. The molecule has 0 saturated carbocycles. The molecule has 1 saturated heterocycles. The third-order valence-electron chi connectivity index (χ3n) is 4.40. The van der Waals surface area contributed by atoms with E-state index < -0.39 is 0 Å². The number of rotatable bonds is 8. The topological polar surface area (TPSA) is 58.8 Å². The van der Waals surface area contributed by atoms with Crippen molar-refractivity contribution < 1.29 is 9.53 Å². The van der Waals surface area contributed by atoms with Gasteiger partial charge in [0.2, 0.25) is 5.91 Å². The smallest absolute Gasteiger partial charge is 0.222 e. The lowest BCUT2D eigenvalue weighted by Gasteiger charge is -2.36. The second-order valence-corrected chi connectivity index (χ2v) is 6.02. The number of amides is 1. The molecule has 0 unspecified atom stereocenters. The Morgan fingerprint density at radius 2 is 1.76 bits per heavy atom. The van der Waals surface area contributed by atoms with E-state index >= 15 is 0 Å². The molecule has 2 N–H and O–H groups in total. The minimum atomic E-state index is 0. The van der Waals surface area contributed by atoms with Gasteiger partial charge in [0.1, 0.15) is 5.75 Å². The number of anilines is 1. The lowest BCUT2D eigenvalue weighted by Crippen LogP contribution is -2.48. The number of hydrogen-bond donors (Lipinski definition) is 1. The molecule has 0 spiro atoms. The van der Waals surface area contributed by atoms with E-state index in [1.165, 1.54) is 5.69 Å².